The molecule has 4 nitrogen and oxygen atoms in total. The molecule has 0 unspecified atom stereocenters. The van der Waals surface area contributed by atoms with Gasteiger partial charge in [-0.25, -0.2) is 5.84 Å². The highest BCUT2D eigenvalue weighted by Gasteiger charge is 1.98. The van der Waals surface area contributed by atoms with Gasteiger partial charge >= 0.3 is 0 Å². The molecule has 0 fully saturated rings. The van der Waals surface area contributed by atoms with Crippen LogP contribution in [-0.4, -0.2) is 11.2 Å². The van der Waals surface area contributed by atoms with Crippen LogP contribution in [0.3, 0.4) is 0 Å². The Balaban J connectivity index is 2.78. The lowest BCUT2D eigenvalue weighted by molar-refractivity contribution is 0.513. The monoisotopic (exact) mass is 124 g/mol. The van der Waals surface area contributed by atoms with E-state index in [0.717, 1.165) is 0 Å². The molecule has 0 radical (unpaired) electrons. The third-order valence-electron chi connectivity index (χ3n) is 0.989. The number of allylic oxidation sites excluding steroid dienone is 1. The van der Waals surface area contributed by atoms with Crippen molar-refractivity contribution in [1.29, 1.82) is 0 Å². The second-order valence-electron chi connectivity index (χ2n) is 1.58. The lowest BCUT2D eigenvalue weighted by Gasteiger charge is -2.14. The molecule has 4 N–H and O–H groups in total. The molecule has 1 aliphatic heterocycles. The van der Waals surface area contributed by atoms with Crippen LogP contribution in [-0.2, 0) is 0 Å². The number of hydrazine groups is 1. The Morgan fingerprint density at radius 3 is 2.89 bits per heavy atom. The molecule has 9 heavy (non-hydrogen) atoms. The normalized spacial score (nSPS) is 21.4. The van der Waals surface area contributed by atoms with Crippen LogP contribution < -0.4 is 11.6 Å². The van der Waals surface area contributed by atoms with Crippen molar-refractivity contribution in [3.8, 4) is 0 Å². The molecule has 0 spiro atoms. The number of aliphatic imine (C=N–C) groups is 1. The topological polar surface area (TPSA) is 67.6 Å². The van der Waals surface area contributed by atoms with Gasteiger partial charge in [-0.05, 0) is 0 Å². The maximum Gasteiger partial charge on any atom is 0.0905 e. The van der Waals surface area contributed by atoms with Crippen LogP contribution in [0.1, 0.15) is 0 Å². The first kappa shape index (κ1) is 5.84. The van der Waals surface area contributed by atoms with Crippen molar-refractivity contribution in [2.24, 2.45) is 16.6 Å². The molecule has 1 aliphatic rings. The minimum Gasteiger partial charge on any atom is -0.403 e. The van der Waals surface area contributed by atoms with Crippen LogP contribution in [0.5, 0.6) is 0 Å². The van der Waals surface area contributed by atoms with Crippen LogP contribution in [0, 0.1) is 0 Å². The van der Waals surface area contributed by atoms with E-state index in [1.165, 1.54) is 11.2 Å². The summed E-state index contributed by atoms with van der Waals surface area (Å²) in [5.41, 5.74) is 5.88. The summed E-state index contributed by atoms with van der Waals surface area (Å²) in [4.78, 5) is 3.80. The molecule has 1 rings (SSSR count). The number of nitrogens with two attached hydrogens (primary N) is 2. The predicted molar refractivity (Wildman–Crippen MR) is 35.9 cm³/mol. The van der Waals surface area contributed by atoms with Crippen molar-refractivity contribution < 1.29 is 0 Å². The van der Waals surface area contributed by atoms with Gasteiger partial charge in [0.2, 0.25) is 0 Å². The second-order valence-corrected chi connectivity index (χ2v) is 1.58. The molecule has 4 heteroatoms. The zero-order chi connectivity index (χ0) is 6.69. The maximum absolute atomic E-state index is 5.40. The first-order valence-corrected chi connectivity index (χ1v) is 2.50. The number of hydrogen-bond acceptors (Lipinski definition) is 4. The van der Waals surface area contributed by atoms with Gasteiger partial charge in [0.15, 0.2) is 0 Å². The van der Waals surface area contributed by atoms with E-state index in [0.29, 0.717) is 5.70 Å². The van der Waals surface area contributed by atoms with E-state index in [2.05, 4.69) is 4.99 Å². The fourth-order valence-corrected chi connectivity index (χ4v) is 0.512. The summed E-state index contributed by atoms with van der Waals surface area (Å²) in [7, 11) is 0. The predicted octanol–water partition coefficient (Wildman–Crippen LogP) is -0.482. The van der Waals surface area contributed by atoms with E-state index in [9.17, 15) is 0 Å². The van der Waals surface area contributed by atoms with E-state index >= 15 is 0 Å². The zero-order valence-corrected chi connectivity index (χ0v) is 4.86. The van der Waals surface area contributed by atoms with Crippen LogP contribution >= 0.6 is 0 Å². The summed E-state index contributed by atoms with van der Waals surface area (Å²) in [6.45, 7) is 0. The summed E-state index contributed by atoms with van der Waals surface area (Å²) in [5, 5.41) is 1.40. The van der Waals surface area contributed by atoms with E-state index < -0.39 is 0 Å². The maximum atomic E-state index is 5.40. The lowest BCUT2D eigenvalue weighted by Crippen LogP contribution is -2.27. The molecular formula is C5H8N4. The Bertz CT molecular complexity index is 179. The highest BCUT2D eigenvalue weighted by atomic mass is 15.4. The molecule has 0 saturated heterocycles. The average molecular weight is 124 g/mol. The van der Waals surface area contributed by atoms with Crippen molar-refractivity contribution in [1.82, 2.24) is 5.01 Å². The Morgan fingerprint density at radius 2 is 2.44 bits per heavy atom. The van der Waals surface area contributed by atoms with Gasteiger partial charge < -0.3 is 5.73 Å². The van der Waals surface area contributed by atoms with Crippen molar-refractivity contribution in [2.75, 3.05) is 0 Å². The highest BCUT2D eigenvalue weighted by molar-refractivity contribution is 5.79. The standard InChI is InChI=1S/C5H8N4/c6-3-5-4-8-1-2-9(5)7/h1-4H,6-7H2/b5-3-. The van der Waals surface area contributed by atoms with Gasteiger partial charge in [-0.2, -0.15) is 0 Å². The van der Waals surface area contributed by atoms with Crippen molar-refractivity contribution in [2.45, 2.75) is 0 Å². The van der Waals surface area contributed by atoms with Crippen LogP contribution in [0.25, 0.3) is 0 Å². The van der Waals surface area contributed by atoms with Crippen molar-refractivity contribution in [3.63, 3.8) is 0 Å². The first-order chi connectivity index (χ1) is 4.34. The van der Waals surface area contributed by atoms with Gasteiger partial charge in [0.1, 0.15) is 0 Å². The van der Waals surface area contributed by atoms with Gasteiger partial charge in [0.05, 0.1) is 11.9 Å². The van der Waals surface area contributed by atoms with E-state index in [-0.39, 0.29) is 0 Å². The molecular weight excluding hydrogens is 116 g/mol. The largest absolute Gasteiger partial charge is 0.403 e. The summed E-state index contributed by atoms with van der Waals surface area (Å²) in [6, 6.07) is 0. The molecule has 0 aromatic rings. The molecule has 0 atom stereocenters. The molecule has 48 valence electrons. The highest BCUT2D eigenvalue weighted by Crippen LogP contribution is 1.98. The SMILES string of the molecule is N/C=C1/C=NC=CN1N. The quantitative estimate of drug-likeness (QED) is 0.428. The van der Waals surface area contributed by atoms with Crippen LogP contribution in [0.2, 0.25) is 0 Å². The molecule has 1 heterocycles. The van der Waals surface area contributed by atoms with Crippen LogP contribution in [0.15, 0.2) is 29.3 Å². The summed E-state index contributed by atoms with van der Waals surface area (Å²) < 4.78 is 0. The van der Waals surface area contributed by atoms with Gasteiger partial charge in [0, 0.05) is 18.6 Å². The number of rotatable bonds is 0. The second kappa shape index (κ2) is 2.32. The molecule has 0 aliphatic carbocycles. The minimum atomic E-state index is 0.692. The first-order valence-electron chi connectivity index (χ1n) is 2.50. The average Bonchev–Trinajstić information content (AvgIpc) is 1.89. The summed E-state index contributed by atoms with van der Waals surface area (Å²) in [5.74, 6) is 5.40. The molecule has 0 aromatic heterocycles. The van der Waals surface area contributed by atoms with E-state index in [1.54, 1.807) is 18.6 Å². The van der Waals surface area contributed by atoms with E-state index in [4.69, 9.17) is 11.6 Å². The fraction of sp³-hybridized carbons (Fsp3) is 0. The van der Waals surface area contributed by atoms with E-state index in [1.807, 2.05) is 0 Å². The number of hydrogen-bond donors (Lipinski definition) is 2. The Labute approximate surface area is 53.1 Å². The van der Waals surface area contributed by atoms with Gasteiger partial charge in [-0.3, -0.25) is 10.0 Å². The zero-order valence-electron chi connectivity index (χ0n) is 4.86. The smallest absolute Gasteiger partial charge is 0.0905 e. The lowest BCUT2D eigenvalue weighted by atomic mass is 10.4. The molecule has 0 amide bonds. The van der Waals surface area contributed by atoms with Crippen molar-refractivity contribution in [3.05, 3.63) is 24.3 Å². The summed E-state index contributed by atoms with van der Waals surface area (Å²) >= 11 is 0. The molecule has 0 saturated carbocycles. The fourth-order valence-electron chi connectivity index (χ4n) is 0.512. The van der Waals surface area contributed by atoms with Crippen LogP contribution in [0.4, 0.5) is 0 Å². The van der Waals surface area contributed by atoms with Gasteiger partial charge in [0.25, 0.3) is 0 Å². The van der Waals surface area contributed by atoms with Crippen molar-refractivity contribution >= 4 is 6.21 Å². The van der Waals surface area contributed by atoms with Gasteiger partial charge in [-0.1, -0.05) is 0 Å². The third-order valence-corrected chi connectivity index (χ3v) is 0.989. The third kappa shape index (κ3) is 1.09. The summed E-state index contributed by atoms with van der Waals surface area (Å²) in [6.07, 6.45) is 6.19. The molecule has 0 bridgehead atoms. The van der Waals surface area contributed by atoms with Gasteiger partial charge in [-0.15, -0.1) is 0 Å². The number of nitrogens with zero attached hydrogens (tertiary/aromatic N) is 2. The Hall–Kier alpha value is -1.29. The Kier molecular flexibility index (Phi) is 1.51. The molecule has 0 aromatic carbocycles. The minimum absolute atomic E-state index is 0.692. The Morgan fingerprint density at radius 1 is 1.67 bits per heavy atom.